The van der Waals surface area contributed by atoms with Crippen molar-refractivity contribution in [3.8, 4) is 0 Å². The molecule has 0 aromatic carbocycles. The van der Waals surface area contributed by atoms with Crippen LogP contribution in [-0.2, 0) is 9.53 Å². The number of carbonyl (C=O) groups is 1. The standard InChI is InChI=1S/C8H12O2/c9-8-4-6-1-2-7(3-6)5-10-8/h6-7H,1-5H2/t6-,7+/m1/s1. The first-order valence-electron chi connectivity index (χ1n) is 4.00. The molecule has 1 saturated carbocycles. The van der Waals surface area contributed by atoms with Gasteiger partial charge >= 0.3 is 5.97 Å². The van der Waals surface area contributed by atoms with E-state index >= 15 is 0 Å². The van der Waals surface area contributed by atoms with E-state index in [4.69, 9.17) is 4.74 Å². The second-order valence-corrected chi connectivity index (χ2v) is 3.43. The molecule has 2 atom stereocenters. The van der Waals surface area contributed by atoms with Crippen molar-refractivity contribution in [2.45, 2.75) is 25.7 Å². The molecule has 2 rings (SSSR count). The molecule has 1 aliphatic heterocycles. The summed E-state index contributed by atoms with van der Waals surface area (Å²) in [6, 6.07) is 0. The molecule has 2 nitrogen and oxygen atoms in total. The Labute approximate surface area is 60.6 Å². The van der Waals surface area contributed by atoms with E-state index in [1.165, 1.54) is 19.3 Å². The molecule has 2 fully saturated rings. The molecule has 0 aromatic rings. The predicted octanol–water partition coefficient (Wildman–Crippen LogP) is 1.35. The molecular weight excluding hydrogens is 128 g/mol. The van der Waals surface area contributed by atoms with Gasteiger partial charge in [-0.15, -0.1) is 0 Å². The van der Waals surface area contributed by atoms with Crippen molar-refractivity contribution in [2.75, 3.05) is 6.61 Å². The number of hydrogen-bond acceptors (Lipinski definition) is 2. The van der Waals surface area contributed by atoms with Gasteiger partial charge in [0.05, 0.1) is 6.61 Å². The Balaban J connectivity index is 2.05. The minimum Gasteiger partial charge on any atom is -0.465 e. The third kappa shape index (κ3) is 1.02. The largest absolute Gasteiger partial charge is 0.465 e. The third-order valence-electron chi connectivity index (χ3n) is 2.59. The van der Waals surface area contributed by atoms with Gasteiger partial charge in [0.2, 0.25) is 0 Å². The highest BCUT2D eigenvalue weighted by Gasteiger charge is 2.30. The molecule has 0 radical (unpaired) electrons. The Bertz CT molecular complexity index is 153. The number of rotatable bonds is 0. The smallest absolute Gasteiger partial charge is 0.306 e. The Hall–Kier alpha value is -0.530. The Morgan fingerprint density at radius 3 is 3.00 bits per heavy atom. The maximum absolute atomic E-state index is 10.9. The van der Waals surface area contributed by atoms with Crippen molar-refractivity contribution in [1.82, 2.24) is 0 Å². The molecule has 56 valence electrons. The van der Waals surface area contributed by atoms with E-state index < -0.39 is 0 Å². The fourth-order valence-corrected chi connectivity index (χ4v) is 2.02. The summed E-state index contributed by atoms with van der Waals surface area (Å²) in [5, 5.41) is 0. The minimum atomic E-state index is 0.0206. The highest BCUT2D eigenvalue weighted by Crippen LogP contribution is 2.35. The molecule has 0 spiro atoms. The van der Waals surface area contributed by atoms with Gasteiger partial charge in [0, 0.05) is 6.42 Å². The maximum Gasteiger partial charge on any atom is 0.306 e. The fourth-order valence-electron chi connectivity index (χ4n) is 2.02. The average Bonchev–Trinajstić information content (AvgIpc) is 2.22. The van der Waals surface area contributed by atoms with E-state index in [-0.39, 0.29) is 5.97 Å². The van der Waals surface area contributed by atoms with Crippen molar-refractivity contribution in [1.29, 1.82) is 0 Å². The van der Waals surface area contributed by atoms with Crippen LogP contribution in [0.3, 0.4) is 0 Å². The van der Waals surface area contributed by atoms with Crippen molar-refractivity contribution in [2.24, 2.45) is 11.8 Å². The van der Waals surface area contributed by atoms with Gasteiger partial charge in [-0.05, 0) is 31.1 Å². The summed E-state index contributed by atoms with van der Waals surface area (Å²) < 4.78 is 5.00. The number of hydrogen-bond donors (Lipinski definition) is 0. The number of ether oxygens (including phenoxy) is 1. The normalized spacial score (nSPS) is 39.0. The molecule has 1 heterocycles. The number of fused-ring (bicyclic) bond motifs is 2. The van der Waals surface area contributed by atoms with Gasteiger partial charge in [-0.1, -0.05) is 0 Å². The van der Waals surface area contributed by atoms with Crippen LogP contribution in [0, 0.1) is 11.8 Å². The van der Waals surface area contributed by atoms with E-state index in [1.807, 2.05) is 0 Å². The number of cyclic esters (lactones) is 1. The number of carbonyl (C=O) groups excluding carboxylic acids is 1. The molecule has 0 amide bonds. The van der Waals surface area contributed by atoms with Crippen LogP contribution in [0.4, 0.5) is 0 Å². The molecule has 10 heavy (non-hydrogen) atoms. The van der Waals surface area contributed by atoms with Crippen LogP contribution < -0.4 is 0 Å². The quantitative estimate of drug-likeness (QED) is 0.475. The van der Waals surface area contributed by atoms with Gasteiger partial charge in [-0.25, -0.2) is 0 Å². The van der Waals surface area contributed by atoms with Gasteiger partial charge in [-0.3, -0.25) is 4.79 Å². The second kappa shape index (κ2) is 2.26. The molecule has 0 unspecified atom stereocenters. The maximum atomic E-state index is 10.9. The third-order valence-corrected chi connectivity index (χ3v) is 2.59. The summed E-state index contributed by atoms with van der Waals surface area (Å²) >= 11 is 0. The van der Waals surface area contributed by atoms with Crippen LogP contribution in [0.2, 0.25) is 0 Å². The number of esters is 1. The first-order valence-corrected chi connectivity index (χ1v) is 4.00. The first-order chi connectivity index (χ1) is 4.84. The van der Waals surface area contributed by atoms with Crippen LogP contribution in [0.15, 0.2) is 0 Å². The molecule has 2 heteroatoms. The van der Waals surface area contributed by atoms with Crippen LogP contribution in [-0.4, -0.2) is 12.6 Å². The van der Waals surface area contributed by atoms with Gasteiger partial charge < -0.3 is 4.74 Å². The Morgan fingerprint density at radius 1 is 1.30 bits per heavy atom. The Kier molecular flexibility index (Phi) is 1.40. The lowest BCUT2D eigenvalue weighted by molar-refractivity contribution is -0.144. The topological polar surface area (TPSA) is 26.3 Å². The van der Waals surface area contributed by atoms with Gasteiger partial charge in [0.25, 0.3) is 0 Å². The monoisotopic (exact) mass is 140 g/mol. The van der Waals surface area contributed by atoms with Gasteiger partial charge in [-0.2, -0.15) is 0 Å². The van der Waals surface area contributed by atoms with Crippen LogP contribution in [0.1, 0.15) is 25.7 Å². The summed E-state index contributed by atoms with van der Waals surface area (Å²) in [7, 11) is 0. The van der Waals surface area contributed by atoms with Gasteiger partial charge in [0.15, 0.2) is 0 Å². The second-order valence-electron chi connectivity index (χ2n) is 3.43. The van der Waals surface area contributed by atoms with Crippen molar-refractivity contribution < 1.29 is 9.53 Å². The Morgan fingerprint density at radius 2 is 2.10 bits per heavy atom. The van der Waals surface area contributed by atoms with Crippen LogP contribution in [0.5, 0.6) is 0 Å². The lowest BCUT2D eigenvalue weighted by atomic mass is 10.0. The zero-order valence-electron chi connectivity index (χ0n) is 6.01. The van der Waals surface area contributed by atoms with Crippen LogP contribution in [0.25, 0.3) is 0 Å². The predicted molar refractivity (Wildman–Crippen MR) is 36.4 cm³/mol. The van der Waals surface area contributed by atoms with Crippen LogP contribution >= 0.6 is 0 Å². The van der Waals surface area contributed by atoms with E-state index in [1.54, 1.807) is 0 Å². The minimum absolute atomic E-state index is 0.0206. The molecule has 1 saturated heterocycles. The molecule has 2 bridgehead atoms. The first kappa shape index (κ1) is 6.20. The average molecular weight is 140 g/mol. The van der Waals surface area contributed by atoms with E-state index in [0.29, 0.717) is 24.9 Å². The van der Waals surface area contributed by atoms with E-state index in [0.717, 1.165) is 0 Å². The lowest BCUT2D eigenvalue weighted by Gasteiger charge is -2.07. The van der Waals surface area contributed by atoms with E-state index in [2.05, 4.69) is 0 Å². The van der Waals surface area contributed by atoms with Crippen molar-refractivity contribution in [3.63, 3.8) is 0 Å². The molecule has 1 aliphatic carbocycles. The molecular formula is C8H12O2. The summed E-state index contributed by atoms with van der Waals surface area (Å²) in [5.41, 5.74) is 0. The zero-order valence-corrected chi connectivity index (χ0v) is 6.01. The molecule has 0 aromatic heterocycles. The SMILES string of the molecule is O=C1C[C@@H]2CC[C@H](CO1)C2. The van der Waals surface area contributed by atoms with Crippen molar-refractivity contribution >= 4 is 5.97 Å². The van der Waals surface area contributed by atoms with E-state index in [9.17, 15) is 4.79 Å². The zero-order chi connectivity index (χ0) is 6.97. The summed E-state index contributed by atoms with van der Waals surface area (Å²) in [6.07, 6.45) is 4.43. The lowest BCUT2D eigenvalue weighted by Crippen LogP contribution is -2.10. The fraction of sp³-hybridized carbons (Fsp3) is 0.875. The highest BCUT2D eigenvalue weighted by molar-refractivity contribution is 5.70. The summed E-state index contributed by atoms with van der Waals surface area (Å²) in [4.78, 5) is 10.9. The summed E-state index contributed by atoms with van der Waals surface area (Å²) in [6.45, 7) is 0.690. The molecule has 0 N–H and O–H groups in total. The van der Waals surface area contributed by atoms with Gasteiger partial charge in [0.1, 0.15) is 0 Å². The molecule has 2 aliphatic rings. The highest BCUT2D eigenvalue weighted by atomic mass is 16.5. The summed E-state index contributed by atoms with van der Waals surface area (Å²) in [5.74, 6) is 1.36. The van der Waals surface area contributed by atoms with Crippen molar-refractivity contribution in [3.05, 3.63) is 0 Å².